The summed E-state index contributed by atoms with van der Waals surface area (Å²) in [5.74, 6) is 0. The molecule has 0 fully saturated rings. The molecule has 0 unspecified atom stereocenters. The third-order valence-electron chi connectivity index (χ3n) is 15.7. The van der Waals surface area contributed by atoms with Crippen LogP contribution in [0.2, 0.25) is 6.82 Å². The lowest BCUT2D eigenvalue weighted by Crippen LogP contribution is -2.46. The molecule has 0 amide bonds. The van der Waals surface area contributed by atoms with Crippen molar-refractivity contribution < 1.29 is 14.0 Å². The number of aromatic nitrogens is 1. The molecule has 8 aromatic carbocycles. The van der Waals surface area contributed by atoms with Crippen molar-refractivity contribution in [3.05, 3.63) is 198 Å². The Morgan fingerprint density at radius 1 is 0.474 bits per heavy atom. The van der Waals surface area contributed by atoms with Gasteiger partial charge in [0, 0.05) is 68.7 Å². The normalized spacial score (nSPS) is 13.0. The Hall–Kier alpha value is -6.83. The van der Waals surface area contributed by atoms with E-state index < -0.39 is 7.12 Å². The average molecular weight is 1010 g/mol. The van der Waals surface area contributed by atoms with Gasteiger partial charge in [0.25, 0.3) is 0 Å². The number of fused-ring (bicyclic) bond motifs is 6. The van der Waals surface area contributed by atoms with E-state index in [0.29, 0.717) is 0 Å². The lowest BCUT2D eigenvalue weighted by atomic mass is 9.62. The second kappa shape index (κ2) is 20.9. The number of benzene rings is 8. The summed E-state index contributed by atoms with van der Waals surface area (Å²) in [6.45, 7) is 32.3. The number of nitrogens with zero attached hydrogens (tertiary/aromatic N) is 3. The average Bonchev–Trinajstić information content (AvgIpc) is 3.84. The molecule has 0 spiro atoms. The van der Waals surface area contributed by atoms with E-state index in [1.807, 2.05) is 13.8 Å². The van der Waals surface area contributed by atoms with Crippen molar-refractivity contribution in [2.24, 2.45) is 5.41 Å². The zero-order chi connectivity index (χ0) is 54.5. The SMILES string of the molecule is CC.COB(OC(C)(C)C)c1ccc(N(c2ccc(C)cc2)c2ccc3c(c2)c2cc(N(c4ccc(C)cc4)c4ccc(B(C)OC(C)(C)C(C)(C)C)cc4)ccc2n3-c2ccc3c(c2)C(C)(C)c2ccccc2-3)cc1. The smallest absolute Gasteiger partial charge is 0.426 e. The maximum absolute atomic E-state index is 6.74. The predicted octanol–water partition coefficient (Wildman–Crippen LogP) is 17.5. The molecule has 8 heteroatoms. The van der Waals surface area contributed by atoms with E-state index in [1.165, 1.54) is 33.4 Å². The summed E-state index contributed by atoms with van der Waals surface area (Å²) in [5, 5.41) is 2.31. The Morgan fingerprint density at radius 3 is 1.37 bits per heavy atom. The third kappa shape index (κ3) is 10.4. The Labute approximate surface area is 454 Å². The van der Waals surface area contributed by atoms with E-state index in [0.717, 1.165) is 72.5 Å². The van der Waals surface area contributed by atoms with Crippen LogP contribution in [0.5, 0.6) is 0 Å². The van der Waals surface area contributed by atoms with Gasteiger partial charge in [-0.1, -0.05) is 145 Å². The summed E-state index contributed by atoms with van der Waals surface area (Å²) in [4.78, 5) is 4.73. The molecule has 0 bridgehead atoms. The molecule has 9 aromatic rings. The molecule has 388 valence electrons. The van der Waals surface area contributed by atoms with Crippen LogP contribution in [0.4, 0.5) is 34.1 Å². The van der Waals surface area contributed by atoms with Crippen molar-refractivity contribution in [3.8, 4) is 16.8 Å². The minimum absolute atomic E-state index is 0.0185. The van der Waals surface area contributed by atoms with E-state index in [2.05, 4.69) is 280 Å². The Morgan fingerprint density at radius 2 is 0.908 bits per heavy atom. The molecule has 76 heavy (non-hydrogen) atoms. The first-order valence-corrected chi connectivity index (χ1v) is 27.3. The quantitative estimate of drug-likeness (QED) is 0.108. The molecule has 6 nitrogen and oxygen atoms in total. The van der Waals surface area contributed by atoms with Gasteiger partial charge in [0.1, 0.15) is 0 Å². The van der Waals surface area contributed by atoms with Crippen LogP contribution in [0.15, 0.2) is 176 Å². The van der Waals surface area contributed by atoms with Crippen molar-refractivity contribution in [1.82, 2.24) is 4.57 Å². The van der Waals surface area contributed by atoms with Gasteiger partial charge in [-0.25, -0.2) is 0 Å². The summed E-state index contributed by atoms with van der Waals surface area (Å²) in [6.07, 6.45) is 0. The predicted molar refractivity (Wildman–Crippen MR) is 328 cm³/mol. The first kappa shape index (κ1) is 54.0. The third-order valence-corrected chi connectivity index (χ3v) is 15.7. The minimum Gasteiger partial charge on any atom is -0.426 e. The lowest BCUT2D eigenvalue weighted by molar-refractivity contribution is 0.000449. The maximum Gasteiger partial charge on any atom is 0.494 e. The van der Waals surface area contributed by atoms with Gasteiger partial charge in [-0.05, 0) is 184 Å². The zero-order valence-corrected chi connectivity index (χ0v) is 48.0. The summed E-state index contributed by atoms with van der Waals surface area (Å²) in [5.41, 5.74) is 18.8. The van der Waals surface area contributed by atoms with Crippen LogP contribution in [-0.2, 0) is 19.4 Å². The largest absolute Gasteiger partial charge is 0.494 e. The van der Waals surface area contributed by atoms with E-state index in [-0.39, 0.29) is 28.9 Å². The molecule has 0 N–H and O–H groups in total. The van der Waals surface area contributed by atoms with Crippen LogP contribution in [0.1, 0.15) is 105 Å². The van der Waals surface area contributed by atoms with Gasteiger partial charge in [-0.3, -0.25) is 0 Å². The Bertz CT molecular complexity index is 3490. The highest BCUT2D eigenvalue weighted by Gasteiger charge is 2.37. The highest BCUT2D eigenvalue weighted by molar-refractivity contribution is 6.66. The molecular formula is C68H77B2N3O3. The number of rotatable bonds is 13. The van der Waals surface area contributed by atoms with Gasteiger partial charge >= 0.3 is 14.0 Å². The van der Waals surface area contributed by atoms with Gasteiger partial charge in [0.2, 0.25) is 0 Å². The van der Waals surface area contributed by atoms with Crippen molar-refractivity contribution in [3.63, 3.8) is 0 Å². The molecule has 1 aliphatic rings. The van der Waals surface area contributed by atoms with Crippen LogP contribution in [-0.4, -0.2) is 36.9 Å². The summed E-state index contributed by atoms with van der Waals surface area (Å²) in [6, 6.07) is 65.1. The molecular weight excluding hydrogens is 928 g/mol. The van der Waals surface area contributed by atoms with Crippen molar-refractivity contribution in [2.45, 2.75) is 120 Å². The molecule has 1 heterocycles. The number of hydrogen-bond donors (Lipinski definition) is 0. The van der Waals surface area contributed by atoms with E-state index in [9.17, 15) is 0 Å². The number of aryl methyl sites for hydroxylation is 2. The highest BCUT2D eigenvalue weighted by Crippen LogP contribution is 2.50. The molecule has 10 rings (SSSR count). The maximum atomic E-state index is 6.74. The molecule has 0 saturated heterocycles. The molecule has 0 radical (unpaired) electrons. The Kier molecular flexibility index (Phi) is 14.9. The van der Waals surface area contributed by atoms with Gasteiger partial charge in [0.15, 0.2) is 0 Å². The van der Waals surface area contributed by atoms with Crippen LogP contribution in [0.3, 0.4) is 0 Å². The topological polar surface area (TPSA) is 39.1 Å². The van der Waals surface area contributed by atoms with E-state index in [1.54, 1.807) is 7.11 Å². The molecule has 1 aliphatic carbocycles. The van der Waals surface area contributed by atoms with Crippen LogP contribution in [0, 0.1) is 19.3 Å². The molecule has 1 aromatic heterocycles. The fraction of sp³-hybridized carbons (Fsp3) is 0.294. The van der Waals surface area contributed by atoms with Gasteiger partial charge in [-0.2, -0.15) is 0 Å². The fourth-order valence-corrected chi connectivity index (χ4v) is 10.6. The van der Waals surface area contributed by atoms with Crippen LogP contribution < -0.4 is 20.7 Å². The second-order valence-corrected chi connectivity index (χ2v) is 23.5. The Balaban J connectivity index is 0.00000349. The van der Waals surface area contributed by atoms with Crippen molar-refractivity contribution in [1.29, 1.82) is 0 Å². The van der Waals surface area contributed by atoms with E-state index >= 15 is 0 Å². The molecule has 0 aliphatic heterocycles. The summed E-state index contributed by atoms with van der Waals surface area (Å²) in [7, 11) is 1.21. The monoisotopic (exact) mass is 1010 g/mol. The first-order chi connectivity index (χ1) is 36.1. The summed E-state index contributed by atoms with van der Waals surface area (Å²) >= 11 is 0. The van der Waals surface area contributed by atoms with Gasteiger partial charge in [0.05, 0.1) is 16.6 Å². The highest BCUT2D eigenvalue weighted by atomic mass is 16.6. The molecule has 0 saturated carbocycles. The van der Waals surface area contributed by atoms with Crippen molar-refractivity contribution >= 4 is 80.9 Å². The standard InChI is InChI=1S/C66H71B2N3O3.C2H6/c1-44-19-27-48(28-20-44)69(50-31-23-46(24-32-50)67(13)74-66(11,12)63(3,4)5)52-36-39-61-57(41-52)58-42-53(37-40-62(58)71(61)54-35-38-56-55-17-15-16-18-59(55)65(9,10)60(56)43-54)70(49-29-21-45(2)22-30-49)51-33-25-47(26-34-51)68(72-14)73-64(6,7)8;1-2/h15-43H,1-14H3;1-2H3. The van der Waals surface area contributed by atoms with Crippen molar-refractivity contribution in [2.75, 3.05) is 16.9 Å². The first-order valence-electron chi connectivity index (χ1n) is 27.3. The fourth-order valence-electron chi connectivity index (χ4n) is 10.6. The minimum atomic E-state index is -0.492. The number of hydrogen-bond acceptors (Lipinski definition) is 5. The summed E-state index contributed by atoms with van der Waals surface area (Å²) < 4.78 is 21.4. The van der Waals surface area contributed by atoms with Crippen LogP contribution >= 0.6 is 0 Å². The zero-order valence-electron chi connectivity index (χ0n) is 48.0. The van der Waals surface area contributed by atoms with Crippen LogP contribution in [0.25, 0.3) is 38.6 Å². The van der Waals surface area contributed by atoms with E-state index in [4.69, 9.17) is 14.0 Å². The van der Waals surface area contributed by atoms with Gasteiger partial charge in [-0.15, -0.1) is 0 Å². The molecule has 0 atom stereocenters. The van der Waals surface area contributed by atoms with Gasteiger partial charge < -0.3 is 28.3 Å². The number of anilines is 6. The second-order valence-electron chi connectivity index (χ2n) is 23.5. The lowest BCUT2D eigenvalue weighted by Gasteiger charge is -2.40.